The summed E-state index contributed by atoms with van der Waals surface area (Å²) in [7, 11) is 0. The van der Waals surface area contributed by atoms with Crippen molar-refractivity contribution < 1.29 is 4.42 Å². The van der Waals surface area contributed by atoms with E-state index < -0.39 is 0 Å². The second-order valence-electron chi connectivity index (χ2n) is 3.03. The predicted molar refractivity (Wildman–Crippen MR) is 53.2 cm³/mol. The topological polar surface area (TPSA) is 25.2 Å². The molecule has 0 saturated heterocycles. The number of terminal acetylenes is 1. The van der Waals surface area contributed by atoms with Gasteiger partial charge in [-0.3, -0.25) is 5.32 Å². The Hall–Kier alpha value is -1.20. The lowest BCUT2D eigenvalue weighted by Gasteiger charge is -2.15. The van der Waals surface area contributed by atoms with Gasteiger partial charge in [-0.05, 0) is 25.5 Å². The number of furan rings is 1. The lowest BCUT2D eigenvalue weighted by molar-refractivity contribution is 0.412. The maximum absolute atomic E-state index is 5.34. The van der Waals surface area contributed by atoms with Gasteiger partial charge in [0.1, 0.15) is 5.76 Å². The van der Waals surface area contributed by atoms with Crippen LogP contribution in [-0.2, 0) is 0 Å². The summed E-state index contributed by atoms with van der Waals surface area (Å²) in [4.78, 5) is 0. The van der Waals surface area contributed by atoms with Crippen LogP contribution in [0.5, 0.6) is 0 Å². The monoisotopic (exact) mass is 177 g/mol. The average Bonchev–Trinajstić information content (AvgIpc) is 2.66. The number of nitrogens with one attached hydrogen (secondary N) is 1. The molecule has 0 bridgehead atoms. The molecule has 0 radical (unpaired) electrons. The standard InChI is InChI=1S/C11H15NO/c1-4-10(5-2)12-9(3)11-7-6-8-13-11/h1,6-10,12H,5H2,2-3H3. The highest BCUT2D eigenvalue weighted by Gasteiger charge is 2.10. The Morgan fingerprint density at radius 1 is 1.69 bits per heavy atom. The normalized spacial score (nSPS) is 14.8. The highest BCUT2D eigenvalue weighted by molar-refractivity contribution is 5.06. The van der Waals surface area contributed by atoms with Crippen molar-refractivity contribution in [2.45, 2.75) is 32.4 Å². The molecule has 0 saturated carbocycles. The maximum atomic E-state index is 5.34. The molecule has 2 atom stereocenters. The lowest BCUT2D eigenvalue weighted by atomic mass is 10.2. The van der Waals surface area contributed by atoms with E-state index in [0.717, 1.165) is 12.2 Å². The van der Waals surface area contributed by atoms with Gasteiger partial charge in [-0.25, -0.2) is 0 Å². The molecular formula is C11H15NO. The zero-order valence-corrected chi connectivity index (χ0v) is 8.08. The SMILES string of the molecule is C#CC(CC)NC(C)c1ccco1. The van der Waals surface area contributed by atoms with Crippen molar-refractivity contribution in [2.75, 3.05) is 0 Å². The average molecular weight is 177 g/mol. The molecule has 0 aliphatic carbocycles. The second-order valence-corrected chi connectivity index (χ2v) is 3.03. The molecule has 0 spiro atoms. The van der Waals surface area contributed by atoms with E-state index in [1.165, 1.54) is 0 Å². The zero-order valence-electron chi connectivity index (χ0n) is 8.08. The molecular weight excluding hydrogens is 162 g/mol. The first-order valence-corrected chi connectivity index (χ1v) is 4.53. The van der Waals surface area contributed by atoms with Crippen LogP contribution in [0.1, 0.15) is 32.1 Å². The van der Waals surface area contributed by atoms with Crippen molar-refractivity contribution in [2.24, 2.45) is 0 Å². The molecule has 13 heavy (non-hydrogen) atoms. The van der Waals surface area contributed by atoms with Crippen molar-refractivity contribution >= 4 is 0 Å². The predicted octanol–water partition coefficient (Wildman–Crippen LogP) is 2.34. The number of hydrogen-bond donors (Lipinski definition) is 1. The lowest BCUT2D eigenvalue weighted by Crippen LogP contribution is -2.29. The van der Waals surface area contributed by atoms with Crippen molar-refractivity contribution in [3.05, 3.63) is 24.2 Å². The van der Waals surface area contributed by atoms with Crippen LogP contribution in [0.3, 0.4) is 0 Å². The van der Waals surface area contributed by atoms with Gasteiger partial charge < -0.3 is 4.42 Å². The molecule has 70 valence electrons. The molecule has 0 fully saturated rings. The Morgan fingerprint density at radius 2 is 2.46 bits per heavy atom. The summed E-state index contributed by atoms with van der Waals surface area (Å²) in [5, 5.41) is 3.29. The van der Waals surface area contributed by atoms with Crippen LogP contribution in [0, 0.1) is 12.3 Å². The first-order chi connectivity index (χ1) is 6.27. The smallest absolute Gasteiger partial charge is 0.120 e. The first-order valence-electron chi connectivity index (χ1n) is 4.53. The van der Waals surface area contributed by atoms with Gasteiger partial charge in [-0.15, -0.1) is 6.42 Å². The van der Waals surface area contributed by atoms with Crippen molar-refractivity contribution in [3.63, 3.8) is 0 Å². The minimum atomic E-state index is 0.125. The summed E-state index contributed by atoms with van der Waals surface area (Å²) in [6.07, 6.45) is 7.94. The highest BCUT2D eigenvalue weighted by atomic mass is 16.3. The molecule has 0 amide bonds. The molecule has 2 unspecified atom stereocenters. The first kappa shape index (κ1) is 9.88. The molecule has 2 heteroatoms. The van der Waals surface area contributed by atoms with Gasteiger partial charge >= 0.3 is 0 Å². The van der Waals surface area contributed by atoms with E-state index in [9.17, 15) is 0 Å². The Bertz CT molecular complexity index is 271. The maximum Gasteiger partial charge on any atom is 0.120 e. The van der Waals surface area contributed by atoms with Crippen molar-refractivity contribution in [1.29, 1.82) is 0 Å². The fourth-order valence-electron chi connectivity index (χ4n) is 1.21. The van der Waals surface area contributed by atoms with Gasteiger partial charge in [-0.2, -0.15) is 0 Å². The Kier molecular flexibility index (Phi) is 3.60. The second kappa shape index (κ2) is 4.74. The fourth-order valence-corrected chi connectivity index (χ4v) is 1.21. The molecule has 1 heterocycles. The van der Waals surface area contributed by atoms with E-state index in [0.29, 0.717) is 0 Å². The third-order valence-electron chi connectivity index (χ3n) is 2.03. The van der Waals surface area contributed by atoms with Gasteiger partial charge in [0.05, 0.1) is 18.3 Å². The molecule has 0 aliphatic heterocycles. The van der Waals surface area contributed by atoms with Crippen LogP contribution >= 0.6 is 0 Å². The van der Waals surface area contributed by atoms with Gasteiger partial charge in [0.2, 0.25) is 0 Å². The fraction of sp³-hybridized carbons (Fsp3) is 0.455. The van der Waals surface area contributed by atoms with Crippen molar-refractivity contribution in [3.8, 4) is 12.3 Å². The van der Waals surface area contributed by atoms with Gasteiger partial charge in [-0.1, -0.05) is 12.8 Å². The quantitative estimate of drug-likeness (QED) is 0.714. The minimum absolute atomic E-state index is 0.125. The Morgan fingerprint density at radius 3 is 2.92 bits per heavy atom. The van der Waals surface area contributed by atoms with E-state index >= 15 is 0 Å². The summed E-state index contributed by atoms with van der Waals surface area (Å²) in [6, 6.07) is 4.13. The van der Waals surface area contributed by atoms with E-state index in [-0.39, 0.29) is 12.1 Å². The van der Waals surface area contributed by atoms with Crippen molar-refractivity contribution in [1.82, 2.24) is 5.32 Å². The van der Waals surface area contributed by atoms with Crippen LogP contribution in [0.15, 0.2) is 22.8 Å². The van der Waals surface area contributed by atoms with E-state index in [4.69, 9.17) is 10.8 Å². The minimum Gasteiger partial charge on any atom is -0.468 e. The van der Waals surface area contributed by atoms with Crippen LogP contribution in [0.4, 0.5) is 0 Å². The highest BCUT2D eigenvalue weighted by Crippen LogP contribution is 2.13. The van der Waals surface area contributed by atoms with Crippen LogP contribution < -0.4 is 5.32 Å². The molecule has 0 aliphatic rings. The molecule has 1 aromatic heterocycles. The largest absolute Gasteiger partial charge is 0.468 e. The molecule has 1 N–H and O–H groups in total. The summed E-state index contributed by atoms with van der Waals surface area (Å²) in [5.41, 5.74) is 0. The van der Waals surface area contributed by atoms with Crippen LogP contribution in [0.25, 0.3) is 0 Å². The van der Waals surface area contributed by atoms with E-state index in [1.807, 2.05) is 19.1 Å². The van der Waals surface area contributed by atoms with E-state index in [1.54, 1.807) is 6.26 Å². The molecule has 1 aromatic rings. The zero-order chi connectivity index (χ0) is 9.68. The third kappa shape index (κ3) is 2.64. The number of rotatable bonds is 4. The van der Waals surface area contributed by atoms with Gasteiger partial charge in [0.15, 0.2) is 0 Å². The Labute approximate surface area is 79.3 Å². The molecule has 1 rings (SSSR count). The Balaban J connectivity index is 2.51. The van der Waals surface area contributed by atoms with E-state index in [2.05, 4.69) is 18.2 Å². The summed E-state index contributed by atoms with van der Waals surface area (Å²) >= 11 is 0. The molecule has 2 nitrogen and oxygen atoms in total. The molecule has 0 aromatic carbocycles. The van der Waals surface area contributed by atoms with Crippen LogP contribution in [-0.4, -0.2) is 6.04 Å². The van der Waals surface area contributed by atoms with Crippen LogP contribution in [0.2, 0.25) is 0 Å². The summed E-state index contributed by atoms with van der Waals surface area (Å²) < 4.78 is 5.25. The summed E-state index contributed by atoms with van der Waals surface area (Å²) in [5.74, 6) is 3.62. The summed E-state index contributed by atoms with van der Waals surface area (Å²) in [6.45, 7) is 4.10. The third-order valence-corrected chi connectivity index (χ3v) is 2.03. The van der Waals surface area contributed by atoms with Gasteiger partial charge in [0.25, 0.3) is 0 Å². The van der Waals surface area contributed by atoms with Gasteiger partial charge in [0, 0.05) is 0 Å². The number of hydrogen-bond acceptors (Lipinski definition) is 2.